The van der Waals surface area contributed by atoms with Crippen LogP contribution in [0.3, 0.4) is 0 Å². The summed E-state index contributed by atoms with van der Waals surface area (Å²) < 4.78 is 13.2. The molecule has 4 nitrogen and oxygen atoms in total. The summed E-state index contributed by atoms with van der Waals surface area (Å²) in [6, 6.07) is 20.8. The third-order valence-corrected chi connectivity index (χ3v) is 5.31. The number of halogens is 1. The summed E-state index contributed by atoms with van der Waals surface area (Å²) in [5, 5.41) is 1.11. The van der Waals surface area contributed by atoms with Gasteiger partial charge in [-0.15, -0.1) is 0 Å². The molecular weight excluding hydrogens is 365 g/mol. The van der Waals surface area contributed by atoms with Gasteiger partial charge in [-0.3, -0.25) is 14.8 Å². The van der Waals surface area contributed by atoms with E-state index in [4.69, 9.17) is 4.98 Å². The summed E-state index contributed by atoms with van der Waals surface area (Å²) in [6.07, 6.45) is 1.87. The number of hydrogen-bond acceptors (Lipinski definition) is 3. The van der Waals surface area contributed by atoms with Crippen LogP contribution < -0.4 is 0 Å². The van der Waals surface area contributed by atoms with Gasteiger partial charge in [-0.2, -0.15) is 0 Å². The van der Waals surface area contributed by atoms with Crippen LogP contribution in [0, 0.1) is 5.82 Å². The van der Waals surface area contributed by atoms with Crippen molar-refractivity contribution in [2.45, 2.75) is 13.0 Å². The summed E-state index contributed by atoms with van der Waals surface area (Å²) >= 11 is 0. The maximum Gasteiger partial charge on any atom is 0.255 e. The number of pyridine rings is 2. The number of carbonyl (C=O) groups excluding carboxylic acids is 1. The van der Waals surface area contributed by atoms with Crippen molar-refractivity contribution < 1.29 is 9.18 Å². The lowest BCUT2D eigenvalue weighted by Crippen LogP contribution is -2.26. The fraction of sp³-hybridized carbons (Fsp3) is 0.125. The Morgan fingerprint density at radius 3 is 2.72 bits per heavy atom. The van der Waals surface area contributed by atoms with E-state index in [1.165, 1.54) is 12.3 Å². The fourth-order valence-corrected chi connectivity index (χ4v) is 3.85. The molecule has 1 amide bonds. The van der Waals surface area contributed by atoms with E-state index in [0.29, 0.717) is 30.8 Å². The second-order valence-electron chi connectivity index (χ2n) is 7.17. The van der Waals surface area contributed by atoms with Crippen molar-refractivity contribution in [2.24, 2.45) is 0 Å². The molecule has 0 bridgehead atoms. The maximum absolute atomic E-state index is 13.2. The molecule has 0 aliphatic carbocycles. The molecular formula is C24H18FN3O. The van der Waals surface area contributed by atoms with Crippen LogP contribution in [0.15, 0.2) is 72.9 Å². The zero-order chi connectivity index (χ0) is 19.8. The minimum Gasteiger partial charge on any atom is -0.334 e. The molecule has 2 aromatic carbocycles. The molecule has 3 heterocycles. The summed E-state index contributed by atoms with van der Waals surface area (Å²) in [5.74, 6) is -0.403. The lowest BCUT2D eigenvalue weighted by Gasteiger charge is -2.15. The van der Waals surface area contributed by atoms with Crippen molar-refractivity contribution in [3.05, 3.63) is 95.6 Å². The summed E-state index contributed by atoms with van der Waals surface area (Å²) in [4.78, 5) is 23.8. The largest absolute Gasteiger partial charge is 0.334 e. The third kappa shape index (κ3) is 3.25. The first-order chi connectivity index (χ1) is 14.2. The van der Waals surface area contributed by atoms with Crippen LogP contribution in [-0.4, -0.2) is 27.3 Å². The summed E-state index contributed by atoms with van der Waals surface area (Å²) in [6.45, 7) is 1.16. The van der Waals surface area contributed by atoms with E-state index < -0.39 is 5.82 Å². The first-order valence-corrected chi connectivity index (χ1v) is 9.57. The molecule has 0 unspecified atom stereocenters. The summed E-state index contributed by atoms with van der Waals surface area (Å²) in [7, 11) is 0. The minimum absolute atomic E-state index is 0.0116. The van der Waals surface area contributed by atoms with E-state index in [9.17, 15) is 9.18 Å². The van der Waals surface area contributed by atoms with Gasteiger partial charge < -0.3 is 4.90 Å². The highest BCUT2D eigenvalue weighted by molar-refractivity contribution is 6.04. The van der Waals surface area contributed by atoms with Crippen molar-refractivity contribution in [3.63, 3.8) is 0 Å². The zero-order valence-electron chi connectivity index (χ0n) is 15.7. The van der Waals surface area contributed by atoms with Crippen molar-refractivity contribution in [1.82, 2.24) is 14.9 Å². The van der Waals surface area contributed by atoms with Gasteiger partial charge in [-0.1, -0.05) is 42.5 Å². The van der Waals surface area contributed by atoms with E-state index in [-0.39, 0.29) is 5.91 Å². The molecule has 142 valence electrons. The van der Waals surface area contributed by atoms with Gasteiger partial charge in [0.1, 0.15) is 5.82 Å². The van der Waals surface area contributed by atoms with Crippen LogP contribution in [0.5, 0.6) is 0 Å². The standard InChI is InChI=1S/C24H18FN3O/c25-18-9-11-22(26-14-18)20-6-3-5-17-15-28(24(29)23(17)20)13-12-19-10-8-16-4-1-2-7-21(16)27-19/h1-11,14H,12-13,15H2. The lowest BCUT2D eigenvalue weighted by molar-refractivity contribution is 0.0780. The average molecular weight is 383 g/mol. The van der Waals surface area contributed by atoms with E-state index in [1.807, 2.05) is 53.4 Å². The molecule has 0 saturated carbocycles. The number of para-hydroxylation sites is 1. The minimum atomic E-state index is -0.392. The van der Waals surface area contributed by atoms with Gasteiger partial charge in [0.2, 0.25) is 0 Å². The van der Waals surface area contributed by atoms with Gasteiger partial charge in [-0.05, 0) is 29.8 Å². The molecule has 0 fully saturated rings. The Morgan fingerprint density at radius 1 is 0.966 bits per heavy atom. The Hall–Kier alpha value is -3.60. The van der Waals surface area contributed by atoms with Crippen LogP contribution in [0.4, 0.5) is 4.39 Å². The van der Waals surface area contributed by atoms with Gasteiger partial charge in [0.25, 0.3) is 5.91 Å². The monoisotopic (exact) mass is 383 g/mol. The van der Waals surface area contributed by atoms with Crippen molar-refractivity contribution in [2.75, 3.05) is 6.54 Å². The SMILES string of the molecule is O=C1c2c(cccc2-c2ccc(F)cn2)CN1CCc1ccc2ccccc2n1. The van der Waals surface area contributed by atoms with Crippen LogP contribution in [0.2, 0.25) is 0 Å². The van der Waals surface area contributed by atoms with Crippen LogP contribution in [0.25, 0.3) is 22.2 Å². The van der Waals surface area contributed by atoms with E-state index in [0.717, 1.165) is 27.7 Å². The number of carbonyl (C=O) groups is 1. The molecule has 0 saturated heterocycles. The maximum atomic E-state index is 13.2. The number of fused-ring (bicyclic) bond motifs is 2. The third-order valence-electron chi connectivity index (χ3n) is 5.31. The lowest BCUT2D eigenvalue weighted by atomic mass is 10.0. The second kappa shape index (κ2) is 7.09. The predicted molar refractivity (Wildman–Crippen MR) is 110 cm³/mol. The molecule has 0 spiro atoms. The number of rotatable bonds is 4. The Morgan fingerprint density at radius 2 is 1.86 bits per heavy atom. The molecule has 0 radical (unpaired) electrons. The smallest absolute Gasteiger partial charge is 0.255 e. The van der Waals surface area contributed by atoms with Crippen molar-refractivity contribution in [3.8, 4) is 11.3 Å². The van der Waals surface area contributed by atoms with Gasteiger partial charge in [0.05, 0.1) is 23.0 Å². The Kier molecular flexibility index (Phi) is 4.28. The summed E-state index contributed by atoms with van der Waals surface area (Å²) in [5.41, 5.74) is 4.93. The molecule has 0 N–H and O–H groups in total. The molecule has 5 rings (SSSR count). The van der Waals surface area contributed by atoms with Crippen LogP contribution in [-0.2, 0) is 13.0 Å². The van der Waals surface area contributed by atoms with Crippen LogP contribution in [0.1, 0.15) is 21.6 Å². The Bertz CT molecular complexity index is 1220. The van der Waals surface area contributed by atoms with Gasteiger partial charge >= 0.3 is 0 Å². The normalized spacial score (nSPS) is 13.1. The number of hydrogen-bond donors (Lipinski definition) is 0. The average Bonchev–Trinajstić information content (AvgIpc) is 3.08. The highest BCUT2D eigenvalue weighted by Crippen LogP contribution is 2.32. The topological polar surface area (TPSA) is 46.1 Å². The molecule has 4 aromatic rings. The van der Waals surface area contributed by atoms with E-state index >= 15 is 0 Å². The second-order valence-corrected chi connectivity index (χ2v) is 7.17. The molecule has 1 aliphatic heterocycles. The number of benzene rings is 2. The molecule has 5 heteroatoms. The van der Waals surface area contributed by atoms with Crippen LogP contribution >= 0.6 is 0 Å². The van der Waals surface area contributed by atoms with E-state index in [1.54, 1.807) is 6.07 Å². The Labute approximate surface area is 167 Å². The van der Waals surface area contributed by atoms with Gasteiger partial charge in [0.15, 0.2) is 0 Å². The highest BCUT2D eigenvalue weighted by atomic mass is 19.1. The fourth-order valence-electron chi connectivity index (χ4n) is 3.85. The van der Waals surface area contributed by atoms with E-state index in [2.05, 4.69) is 11.1 Å². The first-order valence-electron chi connectivity index (χ1n) is 9.57. The molecule has 2 aromatic heterocycles. The van der Waals surface area contributed by atoms with Gasteiger partial charge in [0, 0.05) is 36.2 Å². The zero-order valence-corrected chi connectivity index (χ0v) is 15.7. The molecule has 1 aliphatic rings. The predicted octanol–water partition coefficient (Wildman–Crippen LogP) is 4.63. The highest BCUT2D eigenvalue weighted by Gasteiger charge is 2.30. The first kappa shape index (κ1) is 17.5. The molecule has 0 atom stereocenters. The quantitative estimate of drug-likeness (QED) is 0.516. The number of amides is 1. The molecule has 29 heavy (non-hydrogen) atoms. The number of aromatic nitrogens is 2. The number of nitrogens with zero attached hydrogens (tertiary/aromatic N) is 3. The van der Waals surface area contributed by atoms with Crippen molar-refractivity contribution >= 4 is 16.8 Å². The van der Waals surface area contributed by atoms with Gasteiger partial charge in [-0.25, -0.2) is 4.39 Å². The Balaban J connectivity index is 1.38. The van der Waals surface area contributed by atoms with Crippen molar-refractivity contribution in [1.29, 1.82) is 0 Å².